The summed E-state index contributed by atoms with van der Waals surface area (Å²) in [7, 11) is 0. The van der Waals surface area contributed by atoms with Gasteiger partial charge < -0.3 is 4.74 Å². The van der Waals surface area contributed by atoms with E-state index in [0.717, 1.165) is 11.1 Å². The molecule has 0 bridgehead atoms. The summed E-state index contributed by atoms with van der Waals surface area (Å²) in [5, 5.41) is 3.76. The summed E-state index contributed by atoms with van der Waals surface area (Å²) in [5.41, 5.74) is 5.16. The lowest BCUT2D eigenvalue weighted by Gasteiger charge is -2.07. The Kier molecular flexibility index (Phi) is 5.25. The monoisotopic (exact) mass is 300 g/mol. The van der Waals surface area contributed by atoms with Crippen LogP contribution in [0.25, 0.3) is 0 Å². The number of hydrogen-bond donors (Lipinski definition) is 1. The lowest BCUT2D eigenvalue weighted by atomic mass is 10.1. The van der Waals surface area contributed by atoms with Gasteiger partial charge in [0.1, 0.15) is 11.6 Å². The predicted molar refractivity (Wildman–Crippen MR) is 83.5 cm³/mol. The van der Waals surface area contributed by atoms with Gasteiger partial charge >= 0.3 is 0 Å². The van der Waals surface area contributed by atoms with Crippen molar-refractivity contribution in [2.75, 3.05) is 6.61 Å². The van der Waals surface area contributed by atoms with Gasteiger partial charge in [-0.25, -0.2) is 9.82 Å². The van der Waals surface area contributed by atoms with Gasteiger partial charge in [0, 0.05) is 0 Å². The van der Waals surface area contributed by atoms with E-state index in [1.807, 2.05) is 32.0 Å². The predicted octanol–water partition coefficient (Wildman–Crippen LogP) is 2.97. The minimum atomic E-state index is -0.383. The summed E-state index contributed by atoms with van der Waals surface area (Å²) in [5.74, 6) is -0.105. The number of hydrogen-bond acceptors (Lipinski definition) is 3. The van der Waals surface area contributed by atoms with Gasteiger partial charge in [0.05, 0.1) is 6.21 Å². The van der Waals surface area contributed by atoms with Gasteiger partial charge in [-0.05, 0) is 54.8 Å². The highest BCUT2D eigenvalue weighted by Gasteiger charge is 2.02. The highest BCUT2D eigenvalue weighted by molar-refractivity contribution is 5.82. The summed E-state index contributed by atoms with van der Waals surface area (Å²) < 4.78 is 18.3. The minimum absolute atomic E-state index is 0.136. The Balaban J connectivity index is 1.81. The summed E-state index contributed by atoms with van der Waals surface area (Å²) in [6, 6.07) is 11.5. The molecule has 1 amide bonds. The van der Waals surface area contributed by atoms with Crippen LogP contribution in [0.1, 0.15) is 16.7 Å². The number of benzene rings is 2. The Bertz CT molecular complexity index is 699. The first-order valence-corrected chi connectivity index (χ1v) is 6.82. The van der Waals surface area contributed by atoms with Crippen molar-refractivity contribution in [2.45, 2.75) is 13.8 Å². The molecule has 114 valence electrons. The van der Waals surface area contributed by atoms with Gasteiger partial charge in [-0.3, -0.25) is 4.79 Å². The van der Waals surface area contributed by atoms with Gasteiger partial charge in [0.15, 0.2) is 6.61 Å². The van der Waals surface area contributed by atoms with E-state index in [9.17, 15) is 9.18 Å². The van der Waals surface area contributed by atoms with Crippen molar-refractivity contribution in [3.8, 4) is 5.75 Å². The molecule has 0 radical (unpaired) electrons. The Morgan fingerprint density at radius 1 is 1.23 bits per heavy atom. The molecule has 0 heterocycles. The molecule has 0 saturated heterocycles. The maximum atomic E-state index is 13.0. The van der Waals surface area contributed by atoms with Crippen molar-refractivity contribution in [2.24, 2.45) is 5.10 Å². The molecule has 0 spiro atoms. The zero-order valence-corrected chi connectivity index (χ0v) is 12.5. The fraction of sp³-hybridized carbons (Fsp3) is 0.176. The maximum Gasteiger partial charge on any atom is 0.277 e. The standard InChI is InChI=1S/C17H17FN2O2/c1-12-6-7-16(8-13(12)2)22-11-17(21)20-19-10-14-4-3-5-15(18)9-14/h3-10H,11H2,1-2H3,(H,20,21)/b19-10-. The lowest BCUT2D eigenvalue weighted by Crippen LogP contribution is -2.24. The van der Waals surface area contributed by atoms with Crippen molar-refractivity contribution in [1.29, 1.82) is 0 Å². The molecule has 2 aromatic carbocycles. The van der Waals surface area contributed by atoms with Crippen molar-refractivity contribution >= 4 is 12.1 Å². The van der Waals surface area contributed by atoms with E-state index in [1.165, 1.54) is 18.3 Å². The van der Waals surface area contributed by atoms with E-state index < -0.39 is 0 Å². The fourth-order valence-corrected chi connectivity index (χ4v) is 1.75. The second-order valence-corrected chi connectivity index (χ2v) is 4.88. The van der Waals surface area contributed by atoms with Crippen LogP contribution in [-0.2, 0) is 4.79 Å². The number of halogens is 1. The Labute approximate surface area is 128 Å². The maximum absolute atomic E-state index is 13.0. The minimum Gasteiger partial charge on any atom is -0.484 e. The molecule has 2 rings (SSSR count). The number of amides is 1. The Morgan fingerprint density at radius 3 is 2.77 bits per heavy atom. The van der Waals surface area contributed by atoms with E-state index in [-0.39, 0.29) is 18.3 Å². The molecule has 1 N–H and O–H groups in total. The number of carbonyl (C=O) groups excluding carboxylic acids is 1. The van der Waals surface area contributed by atoms with Gasteiger partial charge in [0.25, 0.3) is 5.91 Å². The third kappa shape index (κ3) is 4.70. The molecule has 0 aliphatic rings. The van der Waals surface area contributed by atoms with Crippen LogP contribution in [0, 0.1) is 19.7 Å². The Hall–Kier alpha value is -2.69. The zero-order valence-electron chi connectivity index (χ0n) is 12.5. The first kappa shape index (κ1) is 15.7. The van der Waals surface area contributed by atoms with Gasteiger partial charge in [-0.1, -0.05) is 18.2 Å². The van der Waals surface area contributed by atoms with E-state index in [1.54, 1.807) is 12.1 Å². The molecule has 0 atom stereocenters. The third-order valence-corrected chi connectivity index (χ3v) is 3.10. The second-order valence-electron chi connectivity index (χ2n) is 4.88. The molecular formula is C17H17FN2O2. The van der Waals surface area contributed by atoms with Crippen LogP contribution in [0.5, 0.6) is 5.75 Å². The van der Waals surface area contributed by atoms with Crippen molar-refractivity contribution in [3.63, 3.8) is 0 Å². The number of nitrogens with one attached hydrogen (secondary N) is 1. The van der Waals surface area contributed by atoms with E-state index in [4.69, 9.17) is 4.74 Å². The molecule has 0 aliphatic carbocycles. The van der Waals surface area contributed by atoms with Gasteiger partial charge in [0.2, 0.25) is 0 Å². The highest BCUT2D eigenvalue weighted by atomic mass is 19.1. The first-order chi connectivity index (χ1) is 10.5. The molecule has 2 aromatic rings. The van der Waals surface area contributed by atoms with Crippen LogP contribution < -0.4 is 10.2 Å². The van der Waals surface area contributed by atoms with E-state index >= 15 is 0 Å². The van der Waals surface area contributed by atoms with Crippen LogP contribution in [0.3, 0.4) is 0 Å². The molecule has 0 aliphatic heterocycles. The fourth-order valence-electron chi connectivity index (χ4n) is 1.75. The SMILES string of the molecule is Cc1ccc(OCC(=O)N/N=C\c2cccc(F)c2)cc1C. The molecule has 4 nitrogen and oxygen atoms in total. The summed E-state index contributed by atoms with van der Waals surface area (Å²) >= 11 is 0. The summed E-state index contributed by atoms with van der Waals surface area (Å²) in [6.45, 7) is 3.85. The second kappa shape index (κ2) is 7.36. The van der Waals surface area contributed by atoms with Crippen molar-refractivity contribution < 1.29 is 13.9 Å². The summed E-state index contributed by atoms with van der Waals surface area (Å²) in [4.78, 5) is 11.6. The average molecular weight is 300 g/mol. The quantitative estimate of drug-likeness (QED) is 0.682. The number of ether oxygens (including phenoxy) is 1. The normalized spacial score (nSPS) is 10.7. The van der Waals surface area contributed by atoms with Crippen molar-refractivity contribution in [1.82, 2.24) is 5.43 Å². The van der Waals surface area contributed by atoms with Crippen LogP contribution in [0.2, 0.25) is 0 Å². The number of rotatable bonds is 5. The van der Waals surface area contributed by atoms with Crippen LogP contribution in [0.15, 0.2) is 47.6 Å². The molecule has 22 heavy (non-hydrogen) atoms. The van der Waals surface area contributed by atoms with Gasteiger partial charge in [-0.15, -0.1) is 0 Å². The van der Waals surface area contributed by atoms with Gasteiger partial charge in [-0.2, -0.15) is 5.10 Å². The Morgan fingerprint density at radius 2 is 2.05 bits per heavy atom. The third-order valence-electron chi connectivity index (χ3n) is 3.10. The first-order valence-electron chi connectivity index (χ1n) is 6.82. The molecule has 0 fully saturated rings. The van der Waals surface area contributed by atoms with Crippen LogP contribution >= 0.6 is 0 Å². The van der Waals surface area contributed by atoms with Crippen LogP contribution in [0.4, 0.5) is 4.39 Å². The van der Waals surface area contributed by atoms with Crippen molar-refractivity contribution in [3.05, 3.63) is 65.0 Å². The lowest BCUT2D eigenvalue weighted by molar-refractivity contribution is -0.123. The zero-order chi connectivity index (χ0) is 15.9. The smallest absolute Gasteiger partial charge is 0.277 e. The number of carbonyl (C=O) groups is 1. The summed E-state index contributed by atoms with van der Waals surface area (Å²) in [6.07, 6.45) is 1.37. The largest absolute Gasteiger partial charge is 0.484 e. The molecule has 0 saturated carbocycles. The van der Waals surface area contributed by atoms with E-state index in [2.05, 4.69) is 10.5 Å². The highest BCUT2D eigenvalue weighted by Crippen LogP contribution is 2.16. The molecule has 0 aromatic heterocycles. The number of nitrogens with zero attached hydrogens (tertiary/aromatic N) is 1. The average Bonchev–Trinajstić information content (AvgIpc) is 2.48. The van der Waals surface area contributed by atoms with Crippen LogP contribution in [-0.4, -0.2) is 18.7 Å². The topological polar surface area (TPSA) is 50.7 Å². The molecule has 0 unspecified atom stereocenters. The number of aryl methyl sites for hydroxylation is 2. The molecular weight excluding hydrogens is 283 g/mol. The number of hydrazone groups is 1. The molecule has 5 heteroatoms. The van der Waals surface area contributed by atoms with E-state index in [0.29, 0.717) is 11.3 Å².